The quantitative estimate of drug-likeness (QED) is 0.633. The predicted octanol–water partition coefficient (Wildman–Crippen LogP) is 5.50. The highest BCUT2D eigenvalue weighted by Crippen LogP contribution is 2.44. The summed E-state index contributed by atoms with van der Waals surface area (Å²) in [6.07, 6.45) is 4.09. The third-order valence-electron chi connectivity index (χ3n) is 6.80. The highest BCUT2D eigenvalue weighted by Gasteiger charge is 2.44. The van der Waals surface area contributed by atoms with Gasteiger partial charge in [-0.25, -0.2) is 8.78 Å². The number of amides is 1. The third kappa shape index (κ3) is 5.53. The van der Waals surface area contributed by atoms with Crippen LogP contribution in [0.3, 0.4) is 0 Å². The van der Waals surface area contributed by atoms with Crippen LogP contribution in [0.1, 0.15) is 64.9 Å². The van der Waals surface area contributed by atoms with Gasteiger partial charge in [-0.1, -0.05) is 51.3 Å². The Balaban J connectivity index is 1.59. The molecule has 3 nitrogen and oxygen atoms in total. The summed E-state index contributed by atoms with van der Waals surface area (Å²) in [6.45, 7) is 9.16. The van der Waals surface area contributed by atoms with Crippen molar-refractivity contribution in [1.82, 2.24) is 10.2 Å². The van der Waals surface area contributed by atoms with Crippen LogP contribution in [-0.4, -0.2) is 43.2 Å². The molecule has 1 saturated carbocycles. The number of likely N-dealkylation sites (tertiary alicyclic amines) is 1. The molecule has 168 valence electrons. The number of hydrogen-bond acceptors (Lipinski definition) is 2. The summed E-state index contributed by atoms with van der Waals surface area (Å²) < 4.78 is 28.3. The molecule has 0 radical (unpaired) electrons. The number of alkyl halides is 1. The lowest BCUT2D eigenvalue weighted by molar-refractivity contribution is -0.127. The first-order valence-corrected chi connectivity index (χ1v) is 11.6. The van der Waals surface area contributed by atoms with E-state index in [0.29, 0.717) is 36.5 Å². The van der Waals surface area contributed by atoms with Gasteiger partial charge in [-0.05, 0) is 61.9 Å². The molecule has 0 spiro atoms. The van der Waals surface area contributed by atoms with Gasteiger partial charge in [0.2, 0.25) is 5.91 Å². The predicted molar refractivity (Wildman–Crippen MR) is 118 cm³/mol. The lowest BCUT2D eigenvalue weighted by Crippen LogP contribution is -2.49. The smallest absolute Gasteiger partial charge is 0.230 e. The SMILES string of the molecule is CC(C)(C)CCN1CC[C@@H](CNC(=O)C2(c3ccc(F)cc3Cl)CCCC2)[C@@H](F)C1. The second-order valence-corrected chi connectivity index (χ2v) is 10.7. The van der Waals surface area contributed by atoms with Crippen molar-refractivity contribution in [2.45, 2.75) is 70.9 Å². The van der Waals surface area contributed by atoms with E-state index in [0.717, 1.165) is 38.8 Å². The number of nitrogens with zero attached hydrogens (tertiary/aromatic N) is 1. The highest BCUT2D eigenvalue weighted by atomic mass is 35.5. The van der Waals surface area contributed by atoms with E-state index in [2.05, 4.69) is 31.0 Å². The molecular weight excluding hydrogens is 406 g/mol. The lowest BCUT2D eigenvalue weighted by Gasteiger charge is -2.37. The molecule has 0 unspecified atom stereocenters. The van der Waals surface area contributed by atoms with Crippen LogP contribution in [0.4, 0.5) is 8.78 Å². The fourth-order valence-corrected chi connectivity index (χ4v) is 5.16. The molecule has 0 aromatic heterocycles. The molecular formula is C24H35ClF2N2O. The average Bonchev–Trinajstić information content (AvgIpc) is 3.15. The first-order valence-electron chi connectivity index (χ1n) is 11.2. The highest BCUT2D eigenvalue weighted by molar-refractivity contribution is 6.31. The van der Waals surface area contributed by atoms with Gasteiger partial charge in [-0.3, -0.25) is 4.79 Å². The molecule has 1 aliphatic carbocycles. The van der Waals surface area contributed by atoms with Crippen LogP contribution in [0.25, 0.3) is 0 Å². The number of hydrogen-bond donors (Lipinski definition) is 1. The van der Waals surface area contributed by atoms with E-state index in [-0.39, 0.29) is 17.2 Å². The molecule has 2 fully saturated rings. The number of carbonyl (C=O) groups is 1. The van der Waals surface area contributed by atoms with Crippen LogP contribution < -0.4 is 5.32 Å². The molecule has 2 atom stereocenters. The van der Waals surface area contributed by atoms with E-state index < -0.39 is 17.4 Å². The molecule has 1 heterocycles. The number of halogens is 3. The number of carbonyl (C=O) groups excluding carboxylic acids is 1. The number of benzene rings is 1. The average molecular weight is 441 g/mol. The topological polar surface area (TPSA) is 32.3 Å². The summed E-state index contributed by atoms with van der Waals surface area (Å²) in [6, 6.07) is 4.27. The summed E-state index contributed by atoms with van der Waals surface area (Å²) >= 11 is 6.31. The molecule has 1 amide bonds. The van der Waals surface area contributed by atoms with Crippen molar-refractivity contribution in [3.63, 3.8) is 0 Å². The first-order chi connectivity index (χ1) is 14.1. The van der Waals surface area contributed by atoms with E-state index >= 15 is 0 Å². The maximum Gasteiger partial charge on any atom is 0.230 e. The summed E-state index contributed by atoms with van der Waals surface area (Å²) in [5.74, 6) is -0.673. The Morgan fingerprint density at radius 1 is 1.30 bits per heavy atom. The Kier molecular flexibility index (Phi) is 7.44. The number of rotatable bonds is 6. The van der Waals surface area contributed by atoms with Crippen molar-refractivity contribution in [2.75, 3.05) is 26.2 Å². The lowest BCUT2D eigenvalue weighted by atomic mass is 9.77. The molecule has 0 bridgehead atoms. The third-order valence-corrected chi connectivity index (χ3v) is 7.11. The fourth-order valence-electron chi connectivity index (χ4n) is 4.81. The largest absolute Gasteiger partial charge is 0.355 e. The zero-order valence-electron chi connectivity index (χ0n) is 18.4. The van der Waals surface area contributed by atoms with Crippen molar-refractivity contribution in [3.05, 3.63) is 34.6 Å². The number of piperidine rings is 1. The van der Waals surface area contributed by atoms with Gasteiger partial charge in [-0.2, -0.15) is 0 Å². The molecule has 1 aromatic carbocycles. The van der Waals surface area contributed by atoms with E-state index in [1.807, 2.05) is 0 Å². The normalized spacial score (nSPS) is 24.7. The van der Waals surface area contributed by atoms with Crippen LogP contribution in [-0.2, 0) is 10.2 Å². The summed E-state index contributed by atoms with van der Waals surface area (Å²) in [4.78, 5) is 15.4. The summed E-state index contributed by atoms with van der Waals surface area (Å²) in [5.41, 5.74) is 0.201. The minimum atomic E-state index is -0.937. The van der Waals surface area contributed by atoms with Crippen molar-refractivity contribution in [1.29, 1.82) is 0 Å². The van der Waals surface area contributed by atoms with Crippen LogP contribution >= 0.6 is 11.6 Å². The Morgan fingerprint density at radius 3 is 2.60 bits per heavy atom. The van der Waals surface area contributed by atoms with Crippen molar-refractivity contribution >= 4 is 17.5 Å². The van der Waals surface area contributed by atoms with Gasteiger partial charge in [0, 0.05) is 24.0 Å². The van der Waals surface area contributed by atoms with Gasteiger partial charge in [0.15, 0.2) is 0 Å². The second kappa shape index (κ2) is 9.52. The van der Waals surface area contributed by atoms with Gasteiger partial charge in [0.25, 0.3) is 0 Å². The van der Waals surface area contributed by atoms with Gasteiger partial charge < -0.3 is 10.2 Å². The Morgan fingerprint density at radius 2 is 2.00 bits per heavy atom. The first kappa shape index (κ1) is 23.5. The van der Waals surface area contributed by atoms with Crippen molar-refractivity contribution in [2.24, 2.45) is 11.3 Å². The molecule has 1 aromatic rings. The molecule has 1 saturated heterocycles. The van der Waals surface area contributed by atoms with E-state index in [1.54, 1.807) is 6.07 Å². The van der Waals surface area contributed by atoms with Crippen molar-refractivity contribution in [3.8, 4) is 0 Å². The monoisotopic (exact) mass is 440 g/mol. The van der Waals surface area contributed by atoms with Crippen LogP contribution in [0.15, 0.2) is 18.2 Å². The van der Waals surface area contributed by atoms with Crippen LogP contribution in [0, 0.1) is 17.2 Å². The maximum atomic E-state index is 14.8. The van der Waals surface area contributed by atoms with E-state index in [9.17, 15) is 13.6 Å². The van der Waals surface area contributed by atoms with Gasteiger partial charge in [-0.15, -0.1) is 0 Å². The second-order valence-electron chi connectivity index (χ2n) is 10.3. The zero-order valence-corrected chi connectivity index (χ0v) is 19.2. The molecule has 3 rings (SSSR count). The van der Waals surface area contributed by atoms with Crippen LogP contribution in [0.2, 0.25) is 5.02 Å². The summed E-state index contributed by atoms with van der Waals surface area (Å²) in [7, 11) is 0. The van der Waals surface area contributed by atoms with Gasteiger partial charge in [0.05, 0.1) is 5.41 Å². The Hall–Kier alpha value is -1.20. The minimum absolute atomic E-state index is 0.101. The van der Waals surface area contributed by atoms with Gasteiger partial charge >= 0.3 is 0 Å². The summed E-state index contributed by atoms with van der Waals surface area (Å²) in [5, 5.41) is 3.32. The van der Waals surface area contributed by atoms with Crippen LogP contribution in [0.5, 0.6) is 0 Å². The minimum Gasteiger partial charge on any atom is -0.355 e. The fraction of sp³-hybridized carbons (Fsp3) is 0.708. The molecule has 1 N–H and O–H groups in total. The standard InChI is InChI=1S/C24H35ClF2N2O/c1-23(2,3)11-13-29-12-8-17(21(27)16-29)15-28-22(30)24(9-4-5-10-24)19-7-6-18(26)14-20(19)25/h6-7,14,17,21H,4-5,8-13,15-16H2,1-3H3,(H,28,30)/t17-,21-/m0/s1. The number of nitrogens with one attached hydrogen (secondary N) is 1. The maximum absolute atomic E-state index is 14.8. The molecule has 2 aliphatic rings. The van der Waals surface area contributed by atoms with Gasteiger partial charge in [0.1, 0.15) is 12.0 Å². The zero-order chi connectivity index (χ0) is 21.9. The Bertz CT molecular complexity index is 743. The molecule has 30 heavy (non-hydrogen) atoms. The van der Waals surface area contributed by atoms with E-state index in [1.165, 1.54) is 12.1 Å². The molecule has 6 heteroatoms. The Labute approximate surface area is 184 Å². The molecule has 1 aliphatic heterocycles. The van der Waals surface area contributed by atoms with Crippen molar-refractivity contribution < 1.29 is 13.6 Å². The van der Waals surface area contributed by atoms with E-state index in [4.69, 9.17) is 11.6 Å².